The second kappa shape index (κ2) is 6.66. The summed E-state index contributed by atoms with van der Waals surface area (Å²) in [7, 11) is 3.70. The fourth-order valence-electron chi connectivity index (χ4n) is 2.57. The van der Waals surface area contributed by atoms with Crippen LogP contribution in [0.15, 0.2) is 24.3 Å². The summed E-state index contributed by atoms with van der Waals surface area (Å²) >= 11 is 0. The highest BCUT2D eigenvalue weighted by atomic mass is 19.4. The Morgan fingerprint density at radius 1 is 1.36 bits per heavy atom. The van der Waals surface area contributed by atoms with Crippen LogP contribution in [0.25, 0.3) is 0 Å². The monoisotopic (exact) mass is 316 g/mol. The van der Waals surface area contributed by atoms with Gasteiger partial charge < -0.3 is 14.5 Å². The second-order valence-electron chi connectivity index (χ2n) is 5.53. The van der Waals surface area contributed by atoms with Gasteiger partial charge in [-0.05, 0) is 26.2 Å². The first-order valence-electron chi connectivity index (χ1n) is 7.00. The Kier molecular flexibility index (Phi) is 5.08. The zero-order valence-corrected chi connectivity index (χ0v) is 12.6. The van der Waals surface area contributed by atoms with Gasteiger partial charge in [0.05, 0.1) is 30.4 Å². The Hall–Kier alpha value is -1.60. The SMILES string of the molecule is CN(C)CC1COCCN1C(=O)c1ccccc1C(F)(F)F. The molecular weight excluding hydrogens is 297 g/mol. The maximum absolute atomic E-state index is 13.1. The van der Waals surface area contributed by atoms with E-state index in [-0.39, 0.29) is 11.6 Å². The van der Waals surface area contributed by atoms with E-state index in [1.807, 2.05) is 19.0 Å². The number of ether oxygens (including phenoxy) is 1. The Bertz CT molecular complexity index is 532. The third kappa shape index (κ3) is 3.78. The quantitative estimate of drug-likeness (QED) is 0.856. The van der Waals surface area contributed by atoms with E-state index >= 15 is 0 Å². The molecule has 22 heavy (non-hydrogen) atoms. The molecule has 0 aromatic heterocycles. The summed E-state index contributed by atoms with van der Waals surface area (Å²) < 4.78 is 44.6. The molecule has 0 N–H and O–H groups in total. The zero-order chi connectivity index (χ0) is 16.3. The van der Waals surface area contributed by atoms with Crippen LogP contribution < -0.4 is 0 Å². The predicted molar refractivity (Wildman–Crippen MR) is 75.6 cm³/mol. The van der Waals surface area contributed by atoms with E-state index in [2.05, 4.69) is 0 Å². The lowest BCUT2D eigenvalue weighted by molar-refractivity contribution is -0.138. The molecule has 1 aliphatic heterocycles. The van der Waals surface area contributed by atoms with Crippen LogP contribution in [0.1, 0.15) is 15.9 Å². The lowest BCUT2D eigenvalue weighted by atomic mass is 10.0. The van der Waals surface area contributed by atoms with Crippen molar-refractivity contribution in [1.29, 1.82) is 0 Å². The van der Waals surface area contributed by atoms with Crippen LogP contribution in [0.2, 0.25) is 0 Å². The molecule has 1 unspecified atom stereocenters. The number of halogens is 3. The Labute approximate surface area is 127 Å². The number of hydrogen-bond donors (Lipinski definition) is 0. The van der Waals surface area contributed by atoms with Gasteiger partial charge in [0.2, 0.25) is 0 Å². The van der Waals surface area contributed by atoms with Crippen molar-refractivity contribution in [2.45, 2.75) is 12.2 Å². The molecular formula is C15H19F3N2O2. The van der Waals surface area contributed by atoms with Gasteiger partial charge in [-0.3, -0.25) is 4.79 Å². The fourth-order valence-corrected chi connectivity index (χ4v) is 2.57. The third-order valence-electron chi connectivity index (χ3n) is 3.53. The van der Waals surface area contributed by atoms with E-state index in [0.717, 1.165) is 6.07 Å². The number of carbonyl (C=O) groups is 1. The first kappa shape index (κ1) is 16.8. The highest BCUT2D eigenvalue weighted by Crippen LogP contribution is 2.32. The van der Waals surface area contributed by atoms with E-state index in [9.17, 15) is 18.0 Å². The van der Waals surface area contributed by atoms with E-state index in [1.54, 1.807) is 0 Å². The van der Waals surface area contributed by atoms with Gasteiger partial charge in [0.15, 0.2) is 0 Å². The largest absolute Gasteiger partial charge is 0.417 e. The molecule has 0 aliphatic carbocycles. The summed E-state index contributed by atoms with van der Waals surface area (Å²) in [6.45, 7) is 1.51. The number of nitrogens with zero attached hydrogens (tertiary/aromatic N) is 2. The van der Waals surface area contributed by atoms with Crippen molar-refractivity contribution in [1.82, 2.24) is 9.80 Å². The first-order valence-corrected chi connectivity index (χ1v) is 7.00. The topological polar surface area (TPSA) is 32.8 Å². The van der Waals surface area contributed by atoms with Crippen molar-refractivity contribution >= 4 is 5.91 Å². The molecule has 1 saturated heterocycles. The maximum Gasteiger partial charge on any atom is 0.417 e. The number of likely N-dealkylation sites (N-methyl/N-ethyl adjacent to an activating group) is 1. The van der Waals surface area contributed by atoms with Crippen molar-refractivity contribution in [3.05, 3.63) is 35.4 Å². The number of carbonyl (C=O) groups excluding carboxylic acids is 1. The van der Waals surface area contributed by atoms with E-state index in [4.69, 9.17) is 4.74 Å². The lowest BCUT2D eigenvalue weighted by Crippen LogP contribution is -2.52. The molecule has 1 amide bonds. The van der Waals surface area contributed by atoms with Gasteiger partial charge in [-0.1, -0.05) is 12.1 Å². The first-order chi connectivity index (χ1) is 10.3. The second-order valence-corrected chi connectivity index (χ2v) is 5.53. The van der Waals surface area contributed by atoms with Crippen LogP contribution in [0.5, 0.6) is 0 Å². The van der Waals surface area contributed by atoms with Gasteiger partial charge in [0.25, 0.3) is 5.91 Å². The third-order valence-corrected chi connectivity index (χ3v) is 3.53. The number of alkyl halides is 3. The minimum absolute atomic E-state index is 0.252. The summed E-state index contributed by atoms with van der Waals surface area (Å²) in [6.07, 6.45) is -4.55. The fraction of sp³-hybridized carbons (Fsp3) is 0.533. The summed E-state index contributed by atoms with van der Waals surface area (Å²) in [4.78, 5) is 16.0. The molecule has 0 radical (unpaired) electrons. The molecule has 0 saturated carbocycles. The van der Waals surface area contributed by atoms with Crippen LogP contribution in [0.3, 0.4) is 0 Å². The molecule has 1 heterocycles. The number of benzene rings is 1. The standard InChI is InChI=1S/C15H19F3N2O2/c1-19(2)9-11-10-22-8-7-20(11)14(21)12-5-3-4-6-13(12)15(16,17)18/h3-6,11H,7-10H2,1-2H3. The highest BCUT2D eigenvalue weighted by molar-refractivity contribution is 5.96. The van der Waals surface area contributed by atoms with Gasteiger partial charge >= 0.3 is 6.18 Å². The molecule has 1 aromatic carbocycles. The van der Waals surface area contributed by atoms with Crippen molar-refractivity contribution in [2.24, 2.45) is 0 Å². The van der Waals surface area contributed by atoms with Crippen LogP contribution >= 0.6 is 0 Å². The van der Waals surface area contributed by atoms with Gasteiger partial charge in [0, 0.05) is 13.1 Å². The van der Waals surface area contributed by atoms with Crippen molar-refractivity contribution in [3.8, 4) is 0 Å². The van der Waals surface area contributed by atoms with Crippen LogP contribution in [0, 0.1) is 0 Å². The lowest BCUT2D eigenvalue weighted by Gasteiger charge is -2.37. The van der Waals surface area contributed by atoms with Crippen LogP contribution in [-0.2, 0) is 10.9 Å². The average molecular weight is 316 g/mol. The normalized spacial score (nSPS) is 19.5. The smallest absolute Gasteiger partial charge is 0.377 e. The summed E-state index contributed by atoms with van der Waals surface area (Å²) in [6, 6.07) is 4.65. The number of rotatable bonds is 3. The van der Waals surface area contributed by atoms with Gasteiger partial charge in [-0.15, -0.1) is 0 Å². The molecule has 7 heteroatoms. The molecule has 1 aromatic rings. The number of morpholine rings is 1. The van der Waals surface area contributed by atoms with E-state index < -0.39 is 17.6 Å². The summed E-state index contributed by atoms with van der Waals surface area (Å²) in [5, 5.41) is 0. The summed E-state index contributed by atoms with van der Waals surface area (Å²) in [5.74, 6) is -0.594. The molecule has 1 atom stereocenters. The minimum atomic E-state index is -4.55. The number of hydrogen-bond acceptors (Lipinski definition) is 3. The van der Waals surface area contributed by atoms with Crippen molar-refractivity contribution in [3.63, 3.8) is 0 Å². The molecule has 1 fully saturated rings. The van der Waals surface area contributed by atoms with Crippen molar-refractivity contribution in [2.75, 3.05) is 40.4 Å². The zero-order valence-electron chi connectivity index (χ0n) is 12.6. The predicted octanol–water partition coefficient (Wildman–Crippen LogP) is 2.11. The molecule has 4 nitrogen and oxygen atoms in total. The Balaban J connectivity index is 2.30. The molecule has 122 valence electrons. The van der Waals surface area contributed by atoms with Gasteiger partial charge in [-0.25, -0.2) is 0 Å². The highest BCUT2D eigenvalue weighted by Gasteiger charge is 2.37. The molecule has 1 aliphatic rings. The van der Waals surface area contributed by atoms with Gasteiger partial charge in [0.1, 0.15) is 0 Å². The van der Waals surface area contributed by atoms with Crippen LogP contribution in [0.4, 0.5) is 13.2 Å². The maximum atomic E-state index is 13.1. The number of amides is 1. The van der Waals surface area contributed by atoms with E-state index in [1.165, 1.54) is 23.1 Å². The van der Waals surface area contributed by atoms with Crippen molar-refractivity contribution < 1.29 is 22.7 Å². The minimum Gasteiger partial charge on any atom is -0.377 e. The Morgan fingerprint density at radius 2 is 2.05 bits per heavy atom. The van der Waals surface area contributed by atoms with Crippen LogP contribution in [-0.4, -0.2) is 62.1 Å². The Morgan fingerprint density at radius 3 is 2.68 bits per heavy atom. The molecule has 0 spiro atoms. The van der Waals surface area contributed by atoms with Gasteiger partial charge in [-0.2, -0.15) is 13.2 Å². The summed E-state index contributed by atoms with van der Waals surface area (Å²) in [5.41, 5.74) is -1.20. The molecule has 0 bridgehead atoms. The molecule has 2 rings (SSSR count). The van der Waals surface area contributed by atoms with E-state index in [0.29, 0.717) is 26.3 Å². The average Bonchev–Trinajstić information content (AvgIpc) is 2.45.